The average molecular weight is 383 g/mol. The Labute approximate surface area is 154 Å². The maximum absolute atomic E-state index is 12.9. The first-order valence-electron chi connectivity index (χ1n) is 8.05. The lowest BCUT2D eigenvalue weighted by molar-refractivity contribution is -0.126. The topological polar surface area (TPSA) is 125 Å². The summed E-state index contributed by atoms with van der Waals surface area (Å²) >= 11 is 1.18. The number of nitrogens with two attached hydrogens (primary N) is 1. The summed E-state index contributed by atoms with van der Waals surface area (Å²) in [7, 11) is 0. The summed E-state index contributed by atoms with van der Waals surface area (Å²) in [5, 5.41) is 10.8. The summed E-state index contributed by atoms with van der Waals surface area (Å²) in [5.74, 6) is -1.47. The van der Waals surface area contributed by atoms with E-state index in [1.54, 1.807) is 0 Å². The van der Waals surface area contributed by atoms with Crippen LogP contribution in [0.15, 0.2) is 24.3 Å². The van der Waals surface area contributed by atoms with E-state index >= 15 is 0 Å². The van der Waals surface area contributed by atoms with Gasteiger partial charge in [0.25, 0.3) is 5.91 Å². The number of nitrogens with one attached hydrogen (secondary N) is 4. The van der Waals surface area contributed by atoms with Crippen molar-refractivity contribution >= 4 is 29.5 Å². The van der Waals surface area contributed by atoms with Crippen molar-refractivity contribution in [2.45, 2.75) is 37.6 Å². The Morgan fingerprint density at radius 2 is 1.96 bits per heavy atom. The lowest BCUT2D eigenvalue weighted by Crippen LogP contribution is -2.70. The van der Waals surface area contributed by atoms with E-state index in [-0.39, 0.29) is 23.3 Å². The Morgan fingerprint density at radius 3 is 2.54 bits per heavy atom. The van der Waals surface area contributed by atoms with E-state index in [4.69, 9.17) is 5.73 Å². The molecule has 1 aliphatic rings. The Hall–Kier alpha value is -2.17. The second-order valence-electron chi connectivity index (χ2n) is 6.07. The van der Waals surface area contributed by atoms with E-state index in [0.717, 1.165) is 12.1 Å². The number of carbonyl (C=O) groups excluding carboxylic acids is 3. The molecule has 1 saturated heterocycles. The molecule has 142 valence electrons. The van der Waals surface area contributed by atoms with Crippen molar-refractivity contribution in [3.05, 3.63) is 35.6 Å². The van der Waals surface area contributed by atoms with Crippen molar-refractivity contribution in [3.63, 3.8) is 0 Å². The van der Waals surface area contributed by atoms with Crippen LogP contribution in [0.4, 0.5) is 4.39 Å². The molecule has 1 heterocycles. The first-order chi connectivity index (χ1) is 12.3. The normalized spacial score (nSPS) is 22.7. The van der Waals surface area contributed by atoms with E-state index in [1.807, 2.05) is 13.8 Å². The summed E-state index contributed by atoms with van der Waals surface area (Å²) in [6.07, 6.45) is -0.834. The highest BCUT2D eigenvalue weighted by Crippen LogP contribution is 2.11. The van der Waals surface area contributed by atoms with Gasteiger partial charge in [0.05, 0.1) is 11.9 Å². The molecule has 6 N–H and O–H groups in total. The first-order valence-corrected chi connectivity index (χ1v) is 9.10. The van der Waals surface area contributed by atoms with Crippen LogP contribution in [0.3, 0.4) is 0 Å². The molecule has 2 rings (SSSR count). The maximum Gasteiger partial charge on any atom is 0.252 e. The molecule has 1 aliphatic heterocycles. The molecule has 0 aliphatic carbocycles. The number of carbonyl (C=O) groups is 3. The molecule has 0 bridgehead atoms. The van der Waals surface area contributed by atoms with Crippen LogP contribution in [0.25, 0.3) is 0 Å². The molecule has 8 nitrogen and oxygen atoms in total. The van der Waals surface area contributed by atoms with Crippen molar-refractivity contribution < 1.29 is 18.8 Å². The smallest absolute Gasteiger partial charge is 0.252 e. The number of amides is 3. The van der Waals surface area contributed by atoms with Crippen LogP contribution in [0, 0.1) is 5.82 Å². The minimum atomic E-state index is -0.992. The number of rotatable bonds is 6. The minimum absolute atomic E-state index is 0.0327. The molecular formula is C16H22FN5O3S. The van der Waals surface area contributed by atoms with Crippen molar-refractivity contribution in [1.29, 1.82) is 0 Å². The van der Waals surface area contributed by atoms with Crippen LogP contribution < -0.4 is 27.0 Å². The van der Waals surface area contributed by atoms with Gasteiger partial charge in [-0.2, -0.15) is 0 Å². The van der Waals surface area contributed by atoms with Gasteiger partial charge in [0.15, 0.2) is 0 Å². The third-order valence-electron chi connectivity index (χ3n) is 3.48. The van der Waals surface area contributed by atoms with E-state index in [1.165, 1.54) is 23.9 Å². The van der Waals surface area contributed by atoms with Crippen LogP contribution in [0.2, 0.25) is 0 Å². The predicted octanol–water partition coefficient (Wildman–Crippen LogP) is -0.530. The summed E-state index contributed by atoms with van der Waals surface area (Å²) in [6, 6.07) is 3.98. The molecule has 3 amide bonds. The molecule has 3 atom stereocenters. The summed E-state index contributed by atoms with van der Waals surface area (Å²) in [5.41, 5.74) is 5.61. The van der Waals surface area contributed by atoms with Crippen molar-refractivity contribution in [1.82, 2.24) is 21.3 Å². The zero-order valence-corrected chi connectivity index (χ0v) is 15.2. The Balaban J connectivity index is 1.88. The summed E-state index contributed by atoms with van der Waals surface area (Å²) < 4.78 is 12.9. The molecule has 1 fully saturated rings. The lowest BCUT2D eigenvalue weighted by Gasteiger charge is -2.35. The molecular weight excluding hydrogens is 361 g/mol. The highest BCUT2D eigenvalue weighted by atomic mass is 32.2. The van der Waals surface area contributed by atoms with Gasteiger partial charge >= 0.3 is 0 Å². The van der Waals surface area contributed by atoms with E-state index in [9.17, 15) is 18.8 Å². The number of hydrogen-bond acceptors (Lipinski definition) is 6. The van der Waals surface area contributed by atoms with Crippen LogP contribution in [0.1, 0.15) is 24.2 Å². The molecule has 26 heavy (non-hydrogen) atoms. The van der Waals surface area contributed by atoms with Crippen LogP contribution >= 0.6 is 11.8 Å². The van der Waals surface area contributed by atoms with Gasteiger partial charge in [-0.3, -0.25) is 19.7 Å². The zero-order chi connectivity index (χ0) is 19.3. The number of thioether (sulfide) groups is 1. The van der Waals surface area contributed by atoms with E-state index in [0.29, 0.717) is 0 Å². The summed E-state index contributed by atoms with van der Waals surface area (Å²) in [4.78, 5) is 36.1. The number of hydrogen-bond donors (Lipinski definition) is 5. The third-order valence-corrected chi connectivity index (χ3v) is 4.50. The predicted molar refractivity (Wildman–Crippen MR) is 96.4 cm³/mol. The highest BCUT2D eigenvalue weighted by Gasteiger charge is 2.35. The van der Waals surface area contributed by atoms with Gasteiger partial charge in [-0.25, -0.2) is 4.39 Å². The molecule has 0 saturated carbocycles. The molecule has 0 radical (unpaired) electrons. The molecule has 0 aromatic heterocycles. The Bertz CT molecular complexity index is 670. The highest BCUT2D eigenvalue weighted by molar-refractivity contribution is 8.00. The van der Waals surface area contributed by atoms with Crippen LogP contribution in [0.5, 0.6) is 0 Å². The second-order valence-corrected chi connectivity index (χ2v) is 7.17. The van der Waals surface area contributed by atoms with Gasteiger partial charge in [-0.05, 0) is 38.1 Å². The number of halogens is 1. The van der Waals surface area contributed by atoms with Crippen LogP contribution in [-0.4, -0.2) is 47.2 Å². The zero-order valence-electron chi connectivity index (χ0n) is 14.4. The van der Waals surface area contributed by atoms with Gasteiger partial charge in [0.2, 0.25) is 11.8 Å². The van der Waals surface area contributed by atoms with Gasteiger partial charge in [-0.1, -0.05) is 0 Å². The molecule has 0 spiro atoms. The Kier molecular flexibility index (Phi) is 6.95. The fraction of sp³-hybridized carbons (Fsp3) is 0.438. The number of benzene rings is 1. The van der Waals surface area contributed by atoms with Crippen molar-refractivity contribution in [3.8, 4) is 0 Å². The van der Waals surface area contributed by atoms with Crippen LogP contribution in [-0.2, 0) is 9.59 Å². The second kappa shape index (κ2) is 8.97. The third kappa shape index (κ3) is 5.68. The molecule has 3 unspecified atom stereocenters. The largest absolute Gasteiger partial charge is 0.353 e. The maximum atomic E-state index is 12.9. The van der Waals surface area contributed by atoms with Gasteiger partial charge in [-0.15, -0.1) is 11.8 Å². The molecule has 1 aromatic rings. The Morgan fingerprint density at radius 1 is 1.31 bits per heavy atom. The first kappa shape index (κ1) is 20.1. The van der Waals surface area contributed by atoms with Crippen molar-refractivity contribution in [2.75, 3.05) is 5.75 Å². The monoisotopic (exact) mass is 383 g/mol. The SMILES string of the molecule is CC(C)NC(=O)CSC1NC(=O)C(NC(=O)c2ccc(F)cc2)C(N)N1. The fourth-order valence-electron chi connectivity index (χ4n) is 2.29. The standard InChI is InChI=1S/C16H22FN5O3S/c1-8(2)19-11(23)7-26-16-21-13(18)12(15(25)22-16)20-14(24)9-3-5-10(17)6-4-9/h3-6,8,12-13,16,21H,7,18H2,1-2H3,(H,19,23)(H,20,24)(H,22,25). The minimum Gasteiger partial charge on any atom is -0.353 e. The van der Waals surface area contributed by atoms with E-state index in [2.05, 4.69) is 21.3 Å². The quantitative estimate of drug-likeness (QED) is 0.450. The van der Waals surface area contributed by atoms with Gasteiger partial charge < -0.3 is 21.7 Å². The lowest BCUT2D eigenvalue weighted by atomic mass is 10.1. The van der Waals surface area contributed by atoms with Crippen molar-refractivity contribution in [2.24, 2.45) is 5.73 Å². The van der Waals surface area contributed by atoms with E-state index < -0.39 is 35.3 Å². The van der Waals surface area contributed by atoms with Gasteiger partial charge in [0.1, 0.15) is 17.4 Å². The fourth-order valence-corrected chi connectivity index (χ4v) is 3.14. The molecule has 10 heteroatoms. The molecule has 1 aromatic carbocycles. The average Bonchev–Trinajstić information content (AvgIpc) is 2.56. The summed E-state index contributed by atoms with van der Waals surface area (Å²) in [6.45, 7) is 3.71. The van der Waals surface area contributed by atoms with Gasteiger partial charge in [0, 0.05) is 11.6 Å².